The maximum atomic E-state index is 15.7. The number of carbonyl (C=O) groups excluding carboxylic acids is 2. The zero-order chi connectivity index (χ0) is 77.0. The molecule has 0 aliphatic heterocycles. The minimum atomic E-state index is -1.21. The van der Waals surface area contributed by atoms with E-state index in [1.165, 1.54) is 51.4 Å². The highest BCUT2D eigenvalue weighted by atomic mass is 32.1. The van der Waals surface area contributed by atoms with E-state index in [2.05, 4.69) is 153 Å². The summed E-state index contributed by atoms with van der Waals surface area (Å²) in [7, 11) is 0. The molecule has 0 amide bonds. The van der Waals surface area contributed by atoms with Crippen LogP contribution in [0.15, 0.2) is 156 Å². The zero-order valence-corrected chi connectivity index (χ0v) is 66.8. The Bertz CT molecular complexity index is 5960. The molecule has 0 radical (unpaired) electrons. The zero-order valence-electron chi connectivity index (χ0n) is 62.7. The van der Waals surface area contributed by atoms with Crippen molar-refractivity contribution in [2.45, 2.75) is 174 Å². The summed E-state index contributed by atoms with van der Waals surface area (Å²) in [4.78, 5) is 42.5. The van der Waals surface area contributed by atoms with E-state index in [1.807, 2.05) is 12.1 Å². The van der Waals surface area contributed by atoms with Crippen molar-refractivity contribution >= 4 is 123 Å². The van der Waals surface area contributed by atoms with E-state index in [9.17, 15) is 15.3 Å². The van der Waals surface area contributed by atoms with Gasteiger partial charge in [-0.1, -0.05) is 202 Å². The van der Waals surface area contributed by atoms with Crippen molar-refractivity contribution < 1.29 is 22.8 Å². The predicted molar refractivity (Wildman–Crippen MR) is 450 cm³/mol. The van der Waals surface area contributed by atoms with Crippen LogP contribution in [0.5, 0.6) is 0 Å². The lowest BCUT2D eigenvalue weighted by molar-refractivity contribution is 0.103. The Morgan fingerprint density at radius 1 is 0.441 bits per heavy atom. The maximum Gasteiger partial charge on any atom is 0.270 e. The lowest BCUT2D eigenvalue weighted by Gasteiger charge is -2.34. The molecule has 4 aliphatic carbocycles. The highest BCUT2D eigenvalue weighted by Crippen LogP contribution is 2.69. The number of aromatic nitrogens is 2. The molecule has 8 nitrogen and oxygen atoms in total. The number of nitrogens with zero attached hydrogens (tertiary/aromatic N) is 6. The van der Waals surface area contributed by atoms with E-state index in [0.29, 0.717) is 16.0 Å². The molecule has 5 aromatic heterocycles. The van der Waals surface area contributed by atoms with Crippen LogP contribution in [-0.4, -0.2) is 20.3 Å². The molecule has 0 saturated heterocycles. The number of aryl methyl sites for hydroxylation is 5. The fourth-order valence-corrected chi connectivity index (χ4v) is 23.8. The Morgan fingerprint density at radius 2 is 0.802 bits per heavy atom. The smallest absolute Gasteiger partial charge is 0.270 e. The number of benzene rings is 7. The van der Waals surface area contributed by atoms with Gasteiger partial charge in [0.1, 0.15) is 16.9 Å². The van der Waals surface area contributed by atoms with Crippen LogP contribution in [-0.2, 0) is 36.5 Å². The number of allylic oxidation sites excluding steroid dienone is 6. The molecule has 0 atom stereocenters. The van der Waals surface area contributed by atoms with Gasteiger partial charge in [0.25, 0.3) is 11.4 Å². The first-order chi connectivity index (χ1) is 54.2. The van der Waals surface area contributed by atoms with Crippen LogP contribution < -0.4 is 0 Å². The van der Waals surface area contributed by atoms with Crippen molar-refractivity contribution in [3.63, 3.8) is 0 Å². The summed E-state index contributed by atoms with van der Waals surface area (Å²) in [5, 5.41) is 23.2. The summed E-state index contributed by atoms with van der Waals surface area (Å²) in [6, 6.07) is 49.8. The molecule has 16 rings (SSSR count). The molecule has 4 aliphatic rings. The number of fused-ring (bicyclic) bond motifs is 16. The SMILES string of the molecule is [C-]#[N+]C(C#N)=C1/C(=C/c2cc3c(s2)-c2sc4c(c2C3(c2ccc(CCCCCC)cc2)c2ccc(CCCCCC)cc2)c2nsnc2c2sc3c(c24)C(c2ccc(CCCCCC)cc2)(c2ccc(CCCCCC)cc2)c2cc(/C=C4\C(=O)c5cc(F)c(F)cc5\C4=C(\C#N)[N+]#[C-])sc2-3)C(=O)c2cc(F)c(C)cc21. The van der Waals surface area contributed by atoms with Gasteiger partial charge in [-0.2, -0.15) is 8.75 Å². The number of Topliss-reactive ketones (excluding diaryl/α,β-unsaturated/α-hetero) is 2. The molecule has 111 heavy (non-hydrogen) atoms. The van der Waals surface area contributed by atoms with Gasteiger partial charge in [0.2, 0.25) is 0 Å². The lowest BCUT2D eigenvalue weighted by atomic mass is 9.66. The number of hydrogen-bond donors (Lipinski definition) is 0. The van der Waals surface area contributed by atoms with Crippen molar-refractivity contribution in [1.29, 1.82) is 10.5 Å². The number of nitriles is 2. The van der Waals surface area contributed by atoms with Gasteiger partial charge in [0.05, 0.1) is 72.0 Å². The second-order valence-corrected chi connectivity index (χ2v) is 34.7. The second-order valence-electron chi connectivity index (χ2n) is 29.9. The standard InChI is InChI=1S/C95H79F3N6O2S5/c1-8-12-16-20-24-55-28-36-59(37-29-55)94(60-38-30-56(31-39-60)25-21-17-13-9-2)71-47-63(45-69-78(76(52-99)101-6)65-44-54(5)73(96)50-67(65)86(69)105)107-88(71)92-82(94)80-84-85(104-111-103-84)91-81(90(80)109-92)83-93(110-91)89-72(48-64(108-89)46-70-79(77(53-100)102-7)66-49-74(97)75(98)51-68(66)87(70)106)95(83,61-40-32-57(33-41-61)26-22-18-14-10-3)62-42-34-58(35-43-62)27-23-19-15-11-4/h28-51H,8-27H2,1-5H3/b69-45-,70-46-,78-76?,79-77+. The van der Waals surface area contributed by atoms with E-state index in [4.69, 9.17) is 21.9 Å². The van der Waals surface area contributed by atoms with Crippen LogP contribution in [0.3, 0.4) is 0 Å². The number of unbranched alkanes of at least 4 members (excludes halogenated alkanes) is 12. The molecule has 5 heterocycles. The minimum Gasteiger partial charge on any atom is -0.289 e. The molecule has 0 unspecified atom stereocenters. The average molecular weight is 1550 g/mol. The fraction of sp³-hybridized carbons (Fsp3) is 0.284. The topological polar surface area (TPSA) is 116 Å². The summed E-state index contributed by atoms with van der Waals surface area (Å²) in [5.74, 6) is -4.02. The summed E-state index contributed by atoms with van der Waals surface area (Å²) < 4.78 is 59.1. The fourth-order valence-electron chi connectivity index (χ4n) is 17.7. The third-order valence-electron chi connectivity index (χ3n) is 23.2. The normalized spacial score (nSPS) is 15.8. The number of rotatable bonds is 26. The van der Waals surface area contributed by atoms with Crippen LogP contribution in [0, 0.1) is 60.2 Å². The molecule has 552 valence electrons. The number of thiophene rings is 4. The molecule has 0 spiro atoms. The summed E-state index contributed by atoms with van der Waals surface area (Å²) in [5.41, 5.74) is 13.0. The average Bonchev–Trinajstić information content (AvgIpc) is 1.49. The Kier molecular flexibility index (Phi) is 21.0. The summed E-state index contributed by atoms with van der Waals surface area (Å²) >= 11 is 7.70. The van der Waals surface area contributed by atoms with E-state index >= 15 is 18.0 Å². The Labute approximate surface area is 666 Å². The molecule has 12 aromatic rings. The van der Waals surface area contributed by atoms with Crippen molar-refractivity contribution in [3.05, 3.63) is 301 Å². The van der Waals surface area contributed by atoms with Gasteiger partial charge in [-0.3, -0.25) is 9.59 Å². The van der Waals surface area contributed by atoms with E-state index in [0.717, 1.165) is 241 Å². The van der Waals surface area contributed by atoms with Crippen LogP contribution in [0.25, 0.3) is 83.7 Å². The molecule has 0 bridgehead atoms. The molecular weight excluding hydrogens is 1470 g/mol. The third-order valence-corrected chi connectivity index (χ3v) is 28.6. The first-order valence-corrected chi connectivity index (χ1v) is 42.9. The van der Waals surface area contributed by atoms with Gasteiger partial charge in [-0.25, -0.2) is 33.4 Å². The molecular formula is C95H79F3N6O2S5. The molecule has 7 aromatic carbocycles. The molecule has 0 N–H and O–H groups in total. The third kappa shape index (κ3) is 12.5. The Morgan fingerprint density at radius 3 is 1.19 bits per heavy atom. The van der Waals surface area contributed by atoms with Crippen molar-refractivity contribution in [3.8, 4) is 31.6 Å². The molecule has 16 heteroatoms. The maximum absolute atomic E-state index is 15.7. The number of hydrogen-bond acceptors (Lipinski definition) is 11. The summed E-state index contributed by atoms with van der Waals surface area (Å²) in [6.45, 7) is 27.0. The quantitative estimate of drug-likeness (QED) is 0.0231. The second kappa shape index (κ2) is 31.1. The Hall–Kier alpha value is -10.3. The molecule has 0 fully saturated rings. The van der Waals surface area contributed by atoms with E-state index in [-0.39, 0.29) is 44.7 Å². The van der Waals surface area contributed by atoms with Gasteiger partial charge >= 0.3 is 0 Å². The highest BCUT2D eigenvalue weighted by molar-refractivity contribution is 7.30. The highest BCUT2D eigenvalue weighted by Gasteiger charge is 2.54. The van der Waals surface area contributed by atoms with Crippen LogP contribution in [0.2, 0.25) is 0 Å². The van der Waals surface area contributed by atoms with Crippen molar-refractivity contribution in [1.82, 2.24) is 8.75 Å². The lowest BCUT2D eigenvalue weighted by Crippen LogP contribution is -2.29. The number of ketones is 2. The monoisotopic (exact) mass is 1550 g/mol. The van der Waals surface area contributed by atoms with Gasteiger partial charge in [0.15, 0.2) is 23.2 Å². The van der Waals surface area contributed by atoms with Crippen molar-refractivity contribution in [2.24, 2.45) is 0 Å². The van der Waals surface area contributed by atoms with E-state index < -0.39 is 45.5 Å². The van der Waals surface area contributed by atoms with Crippen LogP contribution >= 0.6 is 57.1 Å². The minimum absolute atomic E-state index is 0.00307. The van der Waals surface area contributed by atoms with Gasteiger partial charge in [-0.05, 0) is 179 Å². The van der Waals surface area contributed by atoms with Crippen LogP contribution in [0.4, 0.5) is 13.2 Å². The van der Waals surface area contributed by atoms with Crippen molar-refractivity contribution in [2.75, 3.05) is 0 Å². The van der Waals surface area contributed by atoms with Gasteiger partial charge in [0, 0.05) is 69.8 Å². The van der Waals surface area contributed by atoms with E-state index in [1.54, 1.807) is 53.1 Å². The molecule has 0 saturated carbocycles. The summed E-state index contributed by atoms with van der Waals surface area (Å²) in [6.07, 6.45) is 25.1. The predicted octanol–water partition coefficient (Wildman–Crippen LogP) is 27.1. The number of halogens is 3. The van der Waals surface area contributed by atoms with Crippen LogP contribution in [0.1, 0.15) is 244 Å². The van der Waals surface area contributed by atoms with Gasteiger partial charge in [-0.15, -0.1) is 45.3 Å². The Balaban J connectivity index is 1.01. The largest absolute Gasteiger partial charge is 0.289 e. The number of carbonyl (C=O) groups is 2. The first-order valence-electron chi connectivity index (χ1n) is 38.9. The first kappa shape index (κ1) is 74.8. The van der Waals surface area contributed by atoms with Gasteiger partial charge < -0.3 is 0 Å².